The molecule has 0 atom stereocenters. The van der Waals surface area contributed by atoms with E-state index >= 15 is 0 Å². The van der Waals surface area contributed by atoms with Gasteiger partial charge in [-0.05, 0) is 35.6 Å². The van der Waals surface area contributed by atoms with Crippen LogP contribution in [0.4, 0.5) is 0 Å². The number of benzene rings is 1. The number of carbonyl (C=O) groups is 1. The molecule has 3 N–H and O–H groups in total. The van der Waals surface area contributed by atoms with E-state index in [1.54, 1.807) is 23.5 Å². The first-order valence-electron chi connectivity index (χ1n) is 7.78. The van der Waals surface area contributed by atoms with Gasteiger partial charge in [-0.1, -0.05) is 18.2 Å². The molecule has 1 amide bonds. The van der Waals surface area contributed by atoms with E-state index in [-0.39, 0.29) is 17.2 Å². The van der Waals surface area contributed by atoms with E-state index in [9.17, 15) is 13.2 Å². The highest BCUT2D eigenvalue weighted by atomic mass is 32.2. The summed E-state index contributed by atoms with van der Waals surface area (Å²) in [6, 6.07) is 10.3. The molecule has 0 radical (unpaired) electrons. The summed E-state index contributed by atoms with van der Waals surface area (Å²) in [5, 5.41) is 12.7. The minimum atomic E-state index is -3.68. The van der Waals surface area contributed by atoms with E-state index in [0.717, 1.165) is 21.1 Å². The number of carbonyl (C=O) groups excluding carboxylic acids is 1. The first-order valence-corrected chi connectivity index (χ1v) is 11.1. The smallest absolute Gasteiger partial charge is 0.238 e. The molecule has 26 heavy (non-hydrogen) atoms. The molecule has 1 aromatic carbocycles. The van der Waals surface area contributed by atoms with Crippen LogP contribution in [0.5, 0.6) is 0 Å². The zero-order chi connectivity index (χ0) is 18.6. The van der Waals surface area contributed by atoms with E-state index in [1.165, 1.54) is 23.5 Å². The molecule has 0 aliphatic heterocycles. The third kappa shape index (κ3) is 4.98. The number of hydrogen-bond donors (Lipinski definition) is 2. The molecule has 0 unspecified atom stereocenters. The summed E-state index contributed by atoms with van der Waals surface area (Å²) in [5.74, 6) is -0.0887. The van der Waals surface area contributed by atoms with Crippen molar-refractivity contribution in [1.82, 2.24) is 10.3 Å². The summed E-state index contributed by atoms with van der Waals surface area (Å²) >= 11 is 3.16. The minimum absolute atomic E-state index is 0.0790. The Morgan fingerprint density at radius 1 is 1.15 bits per heavy atom. The molecule has 136 valence electrons. The zero-order valence-electron chi connectivity index (χ0n) is 13.7. The molecule has 3 rings (SSSR count). The molecular weight excluding hydrogens is 390 g/mol. The Labute approximate surface area is 159 Å². The fourth-order valence-corrected chi connectivity index (χ4v) is 4.47. The Morgan fingerprint density at radius 3 is 2.58 bits per heavy atom. The fraction of sp³-hybridized carbons (Fsp3) is 0.176. The van der Waals surface area contributed by atoms with Crippen LogP contribution in [0, 0.1) is 0 Å². The van der Waals surface area contributed by atoms with E-state index in [2.05, 4.69) is 10.3 Å². The van der Waals surface area contributed by atoms with Gasteiger partial charge in [-0.3, -0.25) is 4.79 Å². The number of aromatic nitrogens is 1. The van der Waals surface area contributed by atoms with Gasteiger partial charge in [0, 0.05) is 11.9 Å². The minimum Gasteiger partial charge on any atom is -0.355 e. The van der Waals surface area contributed by atoms with Crippen molar-refractivity contribution in [3.8, 4) is 9.88 Å². The molecule has 2 heterocycles. The van der Waals surface area contributed by atoms with Gasteiger partial charge < -0.3 is 5.32 Å². The summed E-state index contributed by atoms with van der Waals surface area (Å²) in [6.07, 6.45) is 0.848. The number of thiazole rings is 1. The lowest BCUT2D eigenvalue weighted by Crippen LogP contribution is -2.27. The molecule has 0 saturated carbocycles. The van der Waals surface area contributed by atoms with Crippen LogP contribution < -0.4 is 10.5 Å². The van der Waals surface area contributed by atoms with Crippen molar-refractivity contribution < 1.29 is 13.2 Å². The second-order valence-corrected chi connectivity index (χ2v) is 8.95. The van der Waals surface area contributed by atoms with E-state index < -0.39 is 10.0 Å². The molecule has 3 aromatic rings. The lowest BCUT2D eigenvalue weighted by Gasteiger charge is -2.05. The number of nitrogens with zero attached hydrogens (tertiary/aromatic N) is 1. The Bertz CT molecular complexity index is 978. The number of sulfonamides is 1. The van der Waals surface area contributed by atoms with Crippen molar-refractivity contribution >= 4 is 38.6 Å². The van der Waals surface area contributed by atoms with Gasteiger partial charge in [-0.25, -0.2) is 18.5 Å². The first-order chi connectivity index (χ1) is 12.4. The van der Waals surface area contributed by atoms with Gasteiger partial charge in [0.1, 0.15) is 5.01 Å². The standard InChI is InChI=1S/C17H17N3O3S3/c18-26(22,23)14-5-3-12(4-6-14)7-8-19-16(21)10-13-11-25-17(20-13)15-2-1-9-24-15/h1-6,9,11H,7-8,10H2,(H,19,21)(H2,18,22,23). The van der Waals surface area contributed by atoms with Crippen LogP contribution in [0.15, 0.2) is 52.1 Å². The van der Waals surface area contributed by atoms with Crippen LogP contribution in [0.1, 0.15) is 11.3 Å². The van der Waals surface area contributed by atoms with Crippen molar-refractivity contribution in [2.75, 3.05) is 6.54 Å². The number of nitrogens with one attached hydrogen (secondary N) is 1. The number of primary sulfonamides is 1. The molecule has 0 saturated heterocycles. The molecule has 9 heteroatoms. The number of rotatable bonds is 7. The predicted molar refractivity (Wildman–Crippen MR) is 104 cm³/mol. The molecular formula is C17H17N3O3S3. The first kappa shape index (κ1) is 18.7. The van der Waals surface area contributed by atoms with Gasteiger partial charge in [0.25, 0.3) is 0 Å². The summed E-state index contributed by atoms with van der Waals surface area (Å²) < 4.78 is 22.4. The Morgan fingerprint density at radius 2 is 1.92 bits per heavy atom. The highest BCUT2D eigenvalue weighted by Gasteiger charge is 2.10. The molecule has 0 aliphatic rings. The van der Waals surface area contributed by atoms with Crippen molar-refractivity contribution in [2.45, 2.75) is 17.7 Å². The summed E-state index contributed by atoms with van der Waals surface area (Å²) in [7, 11) is -3.68. The second-order valence-electron chi connectivity index (χ2n) is 5.59. The van der Waals surface area contributed by atoms with Gasteiger partial charge in [0.05, 0.1) is 21.9 Å². The van der Waals surface area contributed by atoms with E-state index in [0.29, 0.717) is 13.0 Å². The topological polar surface area (TPSA) is 102 Å². The Kier molecular flexibility index (Phi) is 5.82. The Hall–Kier alpha value is -2.07. The van der Waals surface area contributed by atoms with Crippen LogP contribution in [-0.4, -0.2) is 25.9 Å². The van der Waals surface area contributed by atoms with Gasteiger partial charge in [0.2, 0.25) is 15.9 Å². The molecule has 0 bridgehead atoms. The second kappa shape index (κ2) is 8.09. The van der Waals surface area contributed by atoms with Gasteiger partial charge in [-0.2, -0.15) is 0 Å². The maximum Gasteiger partial charge on any atom is 0.238 e. The SMILES string of the molecule is NS(=O)(=O)c1ccc(CCNC(=O)Cc2csc(-c3cccs3)n2)cc1. The van der Waals surface area contributed by atoms with Crippen LogP contribution in [-0.2, 0) is 27.7 Å². The van der Waals surface area contributed by atoms with E-state index in [1.807, 2.05) is 22.9 Å². The quantitative estimate of drug-likeness (QED) is 0.628. The largest absolute Gasteiger partial charge is 0.355 e. The average molecular weight is 408 g/mol. The average Bonchev–Trinajstić information content (AvgIpc) is 3.25. The third-order valence-corrected chi connectivity index (χ3v) is 6.47. The molecule has 0 aliphatic carbocycles. The number of nitrogens with two attached hydrogens (primary N) is 1. The van der Waals surface area contributed by atoms with Gasteiger partial charge in [0.15, 0.2) is 0 Å². The van der Waals surface area contributed by atoms with Gasteiger partial charge >= 0.3 is 0 Å². The third-order valence-electron chi connectivity index (χ3n) is 3.61. The van der Waals surface area contributed by atoms with Crippen molar-refractivity contribution in [3.05, 3.63) is 58.4 Å². The normalized spacial score (nSPS) is 11.4. The monoisotopic (exact) mass is 407 g/mol. The van der Waals surface area contributed by atoms with Crippen LogP contribution in [0.2, 0.25) is 0 Å². The van der Waals surface area contributed by atoms with Crippen LogP contribution in [0.25, 0.3) is 9.88 Å². The van der Waals surface area contributed by atoms with Crippen LogP contribution >= 0.6 is 22.7 Å². The zero-order valence-corrected chi connectivity index (χ0v) is 16.2. The van der Waals surface area contributed by atoms with Crippen molar-refractivity contribution in [1.29, 1.82) is 0 Å². The molecule has 0 fully saturated rings. The summed E-state index contributed by atoms with van der Waals surface area (Å²) in [5.41, 5.74) is 1.68. The Balaban J connectivity index is 1.47. The van der Waals surface area contributed by atoms with Gasteiger partial charge in [-0.15, -0.1) is 22.7 Å². The summed E-state index contributed by atoms with van der Waals surface area (Å²) in [4.78, 5) is 17.7. The van der Waals surface area contributed by atoms with Crippen LogP contribution in [0.3, 0.4) is 0 Å². The highest BCUT2D eigenvalue weighted by molar-refractivity contribution is 7.89. The highest BCUT2D eigenvalue weighted by Crippen LogP contribution is 2.27. The fourth-order valence-electron chi connectivity index (χ4n) is 2.32. The predicted octanol–water partition coefficient (Wildman–Crippen LogP) is 2.42. The maximum atomic E-state index is 12.0. The number of thiophene rings is 1. The molecule has 0 spiro atoms. The maximum absolute atomic E-state index is 12.0. The van der Waals surface area contributed by atoms with Crippen molar-refractivity contribution in [3.63, 3.8) is 0 Å². The lowest BCUT2D eigenvalue weighted by atomic mass is 10.1. The lowest BCUT2D eigenvalue weighted by molar-refractivity contribution is -0.120. The van der Waals surface area contributed by atoms with E-state index in [4.69, 9.17) is 5.14 Å². The molecule has 6 nitrogen and oxygen atoms in total. The summed E-state index contributed by atoms with van der Waals surface area (Å²) in [6.45, 7) is 0.468. The van der Waals surface area contributed by atoms with Crippen molar-refractivity contribution in [2.24, 2.45) is 5.14 Å². The number of hydrogen-bond acceptors (Lipinski definition) is 6. The number of amides is 1. The molecule has 2 aromatic heterocycles.